The van der Waals surface area contributed by atoms with Gasteiger partial charge in [0.1, 0.15) is 5.54 Å². The Labute approximate surface area is 122 Å². The van der Waals surface area contributed by atoms with Crippen LogP contribution in [0.1, 0.15) is 26.2 Å². The second-order valence-electron chi connectivity index (χ2n) is 5.19. The van der Waals surface area contributed by atoms with Gasteiger partial charge in [-0.1, -0.05) is 12.1 Å². The smallest absolute Gasteiger partial charge is 0.282 e. The lowest BCUT2D eigenvalue weighted by atomic mass is 10.0. The number of rotatable bonds is 7. The second-order valence-corrected chi connectivity index (χ2v) is 6.32. The van der Waals surface area contributed by atoms with E-state index in [0.29, 0.717) is 23.1 Å². The van der Waals surface area contributed by atoms with Gasteiger partial charge in [-0.2, -0.15) is 5.26 Å². The van der Waals surface area contributed by atoms with Crippen LogP contribution in [0, 0.1) is 21.4 Å². The van der Waals surface area contributed by atoms with Crippen molar-refractivity contribution in [3.8, 4) is 6.07 Å². The largest absolute Gasteiger partial charge is 0.297 e. The predicted molar refractivity (Wildman–Crippen MR) is 78.6 cm³/mol. The van der Waals surface area contributed by atoms with Gasteiger partial charge in [-0.3, -0.25) is 15.4 Å². The first-order chi connectivity index (χ1) is 9.54. The molecule has 0 aromatic heterocycles. The molecule has 0 amide bonds. The van der Waals surface area contributed by atoms with Crippen molar-refractivity contribution >= 4 is 17.4 Å². The first-order valence-corrected chi connectivity index (χ1v) is 7.58. The first-order valence-electron chi connectivity index (χ1n) is 6.59. The molecule has 0 radical (unpaired) electrons. The molecule has 1 aromatic rings. The summed E-state index contributed by atoms with van der Waals surface area (Å²) in [4.78, 5) is 11.2. The van der Waals surface area contributed by atoms with E-state index in [1.165, 1.54) is 17.8 Å². The van der Waals surface area contributed by atoms with E-state index in [1.807, 2.05) is 6.92 Å². The van der Waals surface area contributed by atoms with E-state index in [2.05, 4.69) is 11.4 Å². The molecule has 0 bridgehead atoms. The zero-order valence-corrected chi connectivity index (χ0v) is 12.2. The Kier molecular flexibility index (Phi) is 4.63. The highest BCUT2D eigenvalue weighted by Crippen LogP contribution is 2.31. The van der Waals surface area contributed by atoms with Crippen molar-refractivity contribution < 1.29 is 4.92 Å². The average Bonchev–Trinajstić information content (AvgIpc) is 3.23. The molecule has 0 heterocycles. The normalized spacial score (nSPS) is 17.2. The third kappa shape index (κ3) is 3.95. The average molecular weight is 291 g/mol. The molecule has 2 rings (SSSR count). The van der Waals surface area contributed by atoms with Gasteiger partial charge in [0, 0.05) is 17.9 Å². The zero-order valence-electron chi connectivity index (χ0n) is 11.3. The van der Waals surface area contributed by atoms with Crippen molar-refractivity contribution in [1.29, 1.82) is 5.26 Å². The lowest BCUT2D eigenvalue weighted by molar-refractivity contribution is -0.387. The molecule has 1 N–H and O–H groups in total. The van der Waals surface area contributed by atoms with Crippen molar-refractivity contribution in [3.63, 3.8) is 0 Å². The number of nitrogens with zero attached hydrogens (tertiary/aromatic N) is 2. The van der Waals surface area contributed by atoms with Gasteiger partial charge in [-0.05, 0) is 32.3 Å². The number of nitro benzene ring substituents is 1. The van der Waals surface area contributed by atoms with Gasteiger partial charge in [-0.15, -0.1) is 11.8 Å². The van der Waals surface area contributed by atoms with Gasteiger partial charge in [0.15, 0.2) is 0 Å². The minimum absolute atomic E-state index is 0.131. The first kappa shape index (κ1) is 14.8. The van der Waals surface area contributed by atoms with E-state index < -0.39 is 5.54 Å². The molecule has 20 heavy (non-hydrogen) atoms. The maximum atomic E-state index is 10.9. The maximum Gasteiger partial charge on any atom is 0.282 e. The lowest BCUT2D eigenvalue weighted by Gasteiger charge is -2.22. The number of thioether (sulfide) groups is 1. The summed E-state index contributed by atoms with van der Waals surface area (Å²) in [7, 11) is 0. The molecule has 0 aliphatic heterocycles. The Morgan fingerprint density at radius 3 is 2.85 bits per heavy atom. The topological polar surface area (TPSA) is 79.0 Å². The third-order valence-electron chi connectivity index (χ3n) is 3.27. The van der Waals surface area contributed by atoms with Crippen LogP contribution in [0.2, 0.25) is 0 Å². The molecule has 0 saturated heterocycles. The van der Waals surface area contributed by atoms with Crippen LogP contribution in [0.25, 0.3) is 0 Å². The highest BCUT2D eigenvalue weighted by molar-refractivity contribution is 7.99. The molecule has 0 spiro atoms. The number of nitro groups is 1. The highest BCUT2D eigenvalue weighted by Gasteiger charge is 2.32. The summed E-state index contributed by atoms with van der Waals surface area (Å²) in [6, 6.07) is 9.50. The van der Waals surface area contributed by atoms with Crippen molar-refractivity contribution in [2.24, 2.45) is 0 Å². The van der Waals surface area contributed by atoms with Crippen LogP contribution in [-0.4, -0.2) is 22.3 Å². The molecule has 1 atom stereocenters. The monoisotopic (exact) mass is 291 g/mol. The van der Waals surface area contributed by atoms with Gasteiger partial charge in [0.2, 0.25) is 0 Å². The van der Waals surface area contributed by atoms with E-state index in [-0.39, 0.29) is 10.6 Å². The lowest BCUT2D eigenvalue weighted by Crippen LogP contribution is -2.42. The van der Waals surface area contributed by atoms with Crippen LogP contribution in [0.15, 0.2) is 29.2 Å². The quantitative estimate of drug-likeness (QED) is 0.474. The molecule has 1 fully saturated rings. The Morgan fingerprint density at radius 1 is 1.55 bits per heavy atom. The van der Waals surface area contributed by atoms with E-state index in [1.54, 1.807) is 18.2 Å². The summed E-state index contributed by atoms with van der Waals surface area (Å²) in [6.45, 7) is 1.89. The molecule has 1 aliphatic rings. The Morgan fingerprint density at radius 2 is 2.25 bits per heavy atom. The van der Waals surface area contributed by atoms with Gasteiger partial charge in [0.05, 0.1) is 15.9 Å². The fourth-order valence-corrected chi connectivity index (χ4v) is 3.13. The number of nitrogens with one attached hydrogen (secondary N) is 1. The van der Waals surface area contributed by atoms with Crippen molar-refractivity contribution in [1.82, 2.24) is 5.32 Å². The van der Waals surface area contributed by atoms with Crippen molar-refractivity contribution in [2.45, 2.75) is 42.7 Å². The van der Waals surface area contributed by atoms with Crippen LogP contribution in [-0.2, 0) is 0 Å². The fraction of sp³-hybridized carbons (Fsp3) is 0.500. The van der Waals surface area contributed by atoms with E-state index in [9.17, 15) is 15.4 Å². The molecule has 5 nitrogen and oxygen atoms in total. The zero-order chi connectivity index (χ0) is 14.6. The van der Waals surface area contributed by atoms with Gasteiger partial charge >= 0.3 is 0 Å². The van der Waals surface area contributed by atoms with Gasteiger partial charge in [-0.25, -0.2) is 0 Å². The minimum atomic E-state index is -0.544. The van der Waals surface area contributed by atoms with Crippen molar-refractivity contribution in [3.05, 3.63) is 34.4 Å². The third-order valence-corrected chi connectivity index (χ3v) is 4.33. The molecule has 1 aliphatic carbocycles. The number of hydrogen-bond donors (Lipinski definition) is 1. The molecule has 1 aromatic carbocycles. The van der Waals surface area contributed by atoms with Crippen LogP contribution in [0.3, 0.4) is 0 Å². The van der Waals surface area contributed by atoms with E-state index in [4.69, 9.17) is 0 Å². The summed E-state index contributed by atoms with van der Waals surface area (Å²) in [5, 5.41) is 23.5. The Hall–Kier alpha value is -1.58. The number of nitriles is 1. The van der Waals surface area contributed by atoms with Gasteiger partial charge in [0.25, 0.3) is 5.69 Å². The highest BCUT2D eigenvalue weighted by atomic mass is 32.2. The van der Waals surface area contributed by atoms with E-state index in [0.717, 1.165) is 12.8 Å². The number of benzene rings is 1. The van der Waals surface area contributed by atoms with Crippen molar-refractivity contribution in [2.75, 3.05) is 5.75 Å². The molecule has 6 heteroatoms. The van der Waals surface area contributed by atoms with Crippen LogP contribution < -0.4 is 5.32 Å². The number of hydrogen-bond acceptors (Lipinski definition) is 5. The molecule has 106 valence electrons. The number of para-hydroxylation sites is 1. The minimum Gasteiger partial charge on any atom is -0.297 e. The summed E-state index contributed by atoms with van der Waals surface area (Å²) in [6.07, 6.45) is 2.93. The van der Waals surface area contributed by atoms with Crippen LogP contribution >= 0.6 is 11.8 Å². The Balaban J connectivity index is 1.92. The molecular formula is C14H17N3O2S. The molecule has 1 saturated carbocycles. The van der Waals surface area contributed by atoms with E-state index >= 15 is 0 Å². The summed E-state index contributed by atoms with van der Waals surface area (Å²) in [5.74, 6) is 0.675. The summed E-state index contributed by atoms with van der Waals surface area (Å²) in [5.41, 5.74) is -0.413. The Bertz CT molecular complexity index is 539. The standard InChI is InChI=1S/C14H17N3O2S/c1-14(10-15,16-11-6-7-11)8-9-20-13-5-3-2-4-12(13)17(18)19/h2-5,11,16H,6-9H2,1H3. The SMILES string of the molecule is CC(C#N)(CCSc1ccccc1[N+](=O)[O-])NC1CC1. The van der Waals surface area contributed by atoms with Crippen LogP contribution in [0.5, 0.6) is 0 Å². The predicted octanol–water partition coefficient (Wildman–Crippen LogP) is 3.11. The molecular weight excluding hydrogens is 274 g/mol. The summed E-state index contributed by atoms with van der Waals surface area (Å²) >= 11 is 1.43. The maximum absolute atomic E-state index is 10.9. The second kappa shape index (κ2) is 6.25. The van der Waals surface area contributed by atoms with Gasteiger partial charge < -0.3 is 0 Å². The van der Waals surface area contributed by atoms with Crippen LogP contribution in [0.4, 0.5) is 5.69 Å². The summed E-state index contributed by atoms with van der Waals surface area (Å²) < 4.78 is 0. The molecule has 1 unspecified atom stereocenters. The fourth-order valence-electron chi connectivity index (χ4n) is 1.93.